The molecule has 21 heavy (non-hydrogen) atoms. The topological polar surface area (TPSA) is 62.2 Å². The van der Waals surface area contributed by atoms with Crippen LogP contribution in [0.15, 0.2) is 18.2 Å². The molecule has 0 saturated heterocycles. The van der Waals surface area contributed by atoms with E-state index in [-0.39, 0.29) is 16.9 Å². The molecule has 2 aromatic rings. The first-order valence-electron chi connectivity index (χ1n) is 6.24. The van der Waals surface area contributed by atoms with E-state index in [2.05, 4.69) is 10.3 Å². The van der Waals surface area contributed by atoms with Crippen LogP contribution < -0.4 is 5.32 Å². The van der Waals surface area contributed by atoms with Crippen LogP contribution in [-0.4, -0.2) is 16.1 Å². The zero-order valence-corrected chi connectivity index (χ0v) is 11.8. The van der Waals surface area contributed by atoms with E-state index in [1.165, 1.54) is 13.0 Å². The lowest BCUT2D eigenvalue weighted by Crippen LogP contribution is -2.10. The quantitative estimate of drug-likeness (QED) is 0.905. The number of carboxylic acid groups (broad SMARTS) is 1. The summed E-state index contributed by atoms with van der Waals surface area (Å²) in [5.41, 5.74) is 0.746. The number of carboxylic acids is 1. The summed E-state index contributed by atoms with van der Waals surface area (Å²) in [6, 6.07) is 4.02. The van der Waals surface area contributed by atoms with Crippen molar-refractivity contribution in [3.05, 3.63) is 52.2 Å². The molecule has 0 spiro atoms. The maximum Gasteiger partial charge on any atom is 0.339 e. The van der Waals surface area contributed by atoms with Crippen LogP contribution in [0.4, 0.5) is 20.3 Å². The SMILES string of the molecule is Cc1cc(C)c(C(=O)O)c(Nc2c(F)ccc(C)c2F)n1. The maximum absolute atomic E-state index is 14.0. The molecule has 0 atom stereocenters. The van der Waals surface area contributed by atoms with Crippen molar-refractivity contribution in [3.8, 4) is 0 Å². The predicted octanol–water partition coefficient (Wildman–Crippen LogP) is 3.73. The third kappa shape index (κ3) is 2.84. The predicted molar refractivity (Wildman–Crippen MR) is 75.0 cm³/mol. The first kappa shape index (κ1) is 14.9. The zero-order valence-electron chi connectivity index (χ0n) is 11.8. The summed E-state index contributed by atoms with van der Waals surface area (Å²) < 4.78 is 27.8. The Kier molecular flexibility index (Phi) is 3.88. The molecule has 0 fully saturated rings. The summed E-state index contributed by atoms with van der Waals surface area (Å²) in [6.07, 6.45) is 0. The van der Waals surface area contributed by atoms with Gasteiger partial charge in [0.25, 0.3) is 0 Å². The van der Waals surface area contributed by atoms with Gasteiger partial charge in [-0.2, -0.15) is 0 Å². The fourth-order valence-electron chi connectivity index (χ4n) is 2.09. The fraction of sp³-hybridized carbons (Fsp3) is 0.200. The second kappa shape index (κ2) is 5.47. The van der Waals surface area contributed by atoms with Gasteiger partial charge in [-0.1, -0.05) is 6.07 Å². The highest BCUT2D eigenvalue weighted by molar-refractivity contribution is 5.95. The lowest BCUT2D eigenvalue weighted by molar-refractivity contribution is 0.0697. The Labute approximate surface area is 120 Å². The number of aromatic carboxylic acids is 1. The van der Waals surface area contributed by atoms with Crippen molar-refractivity contribution in [1.29, 1.82) is 0 Å². The Balaban J connectivity index is 2.60. The minimum atomic E-state index is -1.21. The summed E-state index contributed by atoms with van der Waals surface area (Å²) in [5.74, 6) is -2.87. The molecule has 4 nitrogen and oxygen atoms in total. The molecule has 0 aliphatic rings. The molecule has 2 N–H and O–H groups in total. The number of halogens is 2. The first-order chi connectivity index (χ1) is 9.81. The molecular formula is C15H14F2N2O2. The number of nitrogens with one attached hydrogen (secondary N) is 1. The standard InChI is InChI=1S/C15H14F2N2O2/c1-7-4-5-10(16)13(12(7)17)19-14-11(15(20)21)8(2)6-9(3)18-14/h4-6H,1-3H3,(H,18,19)(H,20,21). The van der Waals surface area contributed by atoms with Gasteiger partial charge >= 0.3 is 5.97 Å². The minimum Gasteiger partial charge on any atom is -0.478 e. The van der Waals surface area contributed by atoms with Gasteiger partial charge < -0.3 is 10.4 Å². The van der Waals surface area contributed by atoms with Crippen LogP contribution in [-0.2, 0) is 0 Å². The molecule has 0 amide bonds. The number of rotatable bonds is 3. The van der Waals surface area contributed by atoms with Crippen molar-refractivity contribution < 1.29 is 18.7 Å². The maximum atomic E-state index is 14.0. The van der Waals surface area contributed by atoms with Gasteiger partial charge in [0.2, 0.25) is 0 Å². The van der Waals surface area contributed by atoms with Crippen molar-refractivity contribution >= 4 is 17.5 Å². The van der Waals surface area contributed by atoms with Gasteiger partial charge in [-0.25, -0.2) is 18.6 Å². The lowest BCUT2D eigenvalue weighted by atomic mass is 10.1. The normalized spacial score (nSPS) is 10.5. The van der Waals surface area contributed by atoms with Crippen LogP contribution in [0.2, 0.25) is 0 Å². The third-order valence-corrected chi connectivity index (χ3v) is 3.09. The number of hydrogen-bond donors (Lipinski definition) is 2. The van der Waals surface area contributed by atoms with Crippen molar-refractivity contribution in [3.63, 3.8) is 0 Å². The number of benzene rings is 1. The monoisotopic (exact) mass is 292 g/mol. The number of nitrogens with zero attached hydrogens (tertiary/aromatic N) is 1. The third-order valence-electron chi connectivity index (χ3n) is 3.09. The largest absolute Gasteiger partial charge is 0.478 e. The van der Waals surface area contributed by atoms with Gasteiger partial charge in [0, 0.05) is 5.69 Å². The van der Waals surface area contributed by atoms with Gasteiger partial charge in [0.15, 0.2) is 5.82 Å². The van der Waals surface area contributed by atoms with E-state index in [9.17, 15) is 18.7 Å². The molecule has 110 valence electrons. The lowest BCUT2D eigenvalue weighted by Gasteiger charge is -2.14. The molecule has 1 heterocycles. The van der Waals surface area contributed by atoms with Crippen LogP contribution in [0.3, 0.4) is 0 Å². The zero-order chi connectivity index (χ0) is 15.7. The van der Waals surface area contributed by atoms with Crippen LogP contribution in [0.25, 0.3) is 0 Å². The molecule has 1 aromatic carbocycles. The van der Waals surface area contributed by atoms with E-state index in [0.717, 1.165) is 6.07 Å². The van der Waals surface area contributed by atoms with Crippen LogP contribution in [0.5, 0.6) is 0 Å². The summed E-state index contributed by atoms with van der Waals surface area (Å²) >= 11 is 0. The van der Waals surface area contributed by atoms with E-state index in [1.54, 1.807) is 19.9 Å². The Morgan fingerprint density at radius 3 is 2.48 bits per heavy atom. The number of hydrogen-bond acceptors (Lipinski definition) is 3. The summed E-state index contributed by atoms with van der Waals surface area (Å²) in [4.78, 5) is 15.4. The van der Waals surface area contributed by atoms with Crippen LogP contribution in [0, 0.1) is 32.4 Å². The first-order valence-corrected chi connectivity index (χ1v) is 6.24. The van der Waals surface area contributed by atoms with E-state index >= 15 is 0 Å². The van der Waals surface area contributed by atoms with E-state index in [0.29, 0.717) is 11.3 Å². The molecule has 0 unspecified atom stereocenters. The molecule has 0 aliphatic carbocycles. The number of aromatic nitrogens is 1. The molecule has 0 radical (unpaired) electrons. The van der Waals surface area contributed by atoms with Gasteiger partial charge in [-0.05, 0) is 44.0 Å². The second-order valence-corrected chi connectivity index (χ2v) is 4.79. The molecule has 2 rings (SSSR count). The molecular weight excluding hydrogens is 278 g/mol. The van der Waals surface area contributed by atoms with Crippen molar-refractivity contribution in [1.82, 2.24) is 4.98 Å². The number of aryl methyl sites for hydroxylation is 3. The minimum absolute atomic E-state index is 0.0802. The van der Waals surface area contributed by atoms with Crippen molar-refractivity contribution in [2.75, 3.05) is 5.32 Å². The van der Waals surface area contributed by atoms with Gasteiger partial charge in [-0.15, -0.1) is 0 Å². The average molecular weight is 292 g/mol. The highest BCUT2D eigenvalue weighted by atomic mass is 19.1. The Bertz CT molecular complexity index is 730. The van der Waals surface area contributed by atoms with Crippen molar-refractivity contribution in [2.24, 2.45) is 0 Å². The average Bonchev–Trinajstić information content (AvgIpc) is 2.38. The van der Waals surface area contributed by atoms with Crippen molar-refractivity contribution in [2.45, 2.75) is 20.8 Å². The summed E-state index contributed by atoms with van der Waals surface area (Å²) in [6.45, 7) is 4.77. The van der Waals surface area contributed by atoms with Crippen LogP contribution in [0.1, 0.15) is 27.2 Å². The Hall–Kier alpha value is -2.50. The van der Waals surface area contributed by atoms with E-state index < -0.39 is 23.3 Å². The summed E-state index contributed by atoms with van der Waals surface area (Å²) in [5, 5.41) is 11.7. The molecule has 0 bridgehead atoms. The smallest absolute Gasteiger partial charge is 0.339 e. The second-order valence-electron chi connectivity index (χ2n) is 4.79. The molecule has 0 aliphatic heterocycles. The van der Waals surface area contributed by atoms with Gasteiger partial charge in [0.05, 0.1) is 0 Å². The molecule has 6 heteroatoms. The Morgan fingerprint density at radius 1 is 1.19 bits per heavy atom. The van der Waals surface area contributed by atoms with Gasteiger partial charge in [0.1, 0.15) is 22.9 Å². The molecule has 1 aromatic heterocycles. The Morgan fingerprint density at radius 2 is 1.86 bits per heavy atom. The molecule has 0 saturated carbocycles. The number of pyridine rings is 1. The summed E-state index contributed by atoms with van der Waals surface area (Å²) in [7, 11) is 0. The number of carbonyl (C=O) groups is 1. The number of anilines is 2. The van der Waals surface area contributed by atoms with Crippen LogP contribution >= 0.6 is 0 Å². The van der Waals surface area contributed by atoms with Gasteiger partial charge in [-0.3, -0.25) is 0 Å². The highest BCUT2D eigenvalue weighted by Gasteiger charge is 2.19. The van der Waals surface area contributed by atoms with E-state index in [1.807, 2.05) is 0 Å². The fourth-order valence-corrected chi connectivity index (χ4v) is 2.09. The highest BCUT2D eigenvalue weighted by Crippen LogP contribution is 2.28. The van der Waals surface area contributed by atoms with E-state index in [4.69, 9.17) is 0 Å².